The number of halogens is 2. The number of benzene rings is 1. The molecule has 1 fully saturated rings. The fourth-order valence-electron chi connectivity index (χ4n) is 2.67. The zero-order valence-electron chi connectivity index (χ0n) is 12.1. The van der Waals surface area contributed by atoms with E-state index in [2.05, 4.69) is 71.2 Å². The molecule has 0 amide bonds. The molecule has 1 saturated heterocycles. The van der Waals surface area contributed by atoms with Crippen molar-refractivity contribution in [2.24, 2.45) is 0 Å². The Morgan fingerprint density at radius 1 is 1.24 bits per heavy atom. The first kappa shape index (κ1) is 17.3. The number of rotatable bonds is 2. The van der Waals surface area contributed by atoms with Crippen molar-refractivity contribution in [1.29, 1.82) is 0 Å². The minimum absolute atomic E-state index is 0. The minimum Gasteiger partial charge on any atom is -0.241 e. The molecule has 0 radical (unpaired) electrons. The van der Waals surface area contributed by atoms with Crippen LogP contribution in [-0.4, -0.2) is 15.5 Å². The van der Waals surface area contributed by atoms with Crippen molar-refractivity contribution in [3.05, 3.63) is 39.1 Å². The van der Waals surface area contributed by atoms with E-state index in [1.54, 1.807) is 0 Å². The first-order valence-electron chi connectivity index (χ1n) is 6.89. The molecule has 1 aliphatic heterocycles. The molecule has 1 unspecified atom stereocenters. The van der Waals surface area contributed by atoms with Crippen LogP contribution < -0.4 is 0 Å². The zero-order valence-corrected chi connectivity index (χ0v) is 16.2. The lowest BCUT2D eigenvalue weighted by Gasteiger charge is -2.33. The highest BCUT2D eigenvalue weighted by Gasteiger charge is 2.31. The molecule has 5 heteroatoms. The minimum atomic E-state index is 0. The maximum atomic E-state index is 4.89. The summed E-state index contributed by atoms with van der Waals surface area (Å²) < 4.78 is 1.51. The summed E-state index contributed by atoms with van der Waals surface area (Å²) in [6, 6.07) is 8.41. The summed E-state index contributed by atoms with van der Waals surface area (Å²) in [4.78, 5) is 4.89. The van der Waals surface area contributed by atoms with Gasteiger partial charge in [-0.25, -0.2) is 4.98 Å². The summed E-state index contributed by atoms with van der Waals surface area (Å²) >= 11 is 7.40. The van der Waals surface area contributed by atoms with Gasteiger partial charge in [-0.15, -0.1) is 23.7 Å². The van der Waals surface area contributed by atoms with Gasteiger partial charge >= 0.3 is 0 Å². The molecule has 2 heterocycles. The molecule has 1 atom stereocenters. The Morgan fingerprint density at radius 2 is 1.95 bits per heavy atom. The molecule has 0 N–H and O–H groups in total. The molecule has 1 aromatic carbocycles. The van der Waals surface area contributed by atoms with Gasteiger partial charge in [-0.05, 0) is 30.7 Å². The second-order valence-corrected chi connectivity index (χ2v) is 9.48. The number of hydrogen-bond donors (Lipinski definition) is 0. The van der Waals surface area contributed by atoms with Crippen LogP contribution in [-0.2, 0) is 0 Å². The van der Waals surface area contributed by atoms with Gasteiger partial charge in [-0.2, -0.15) is 11.8 Å². The second kappa shape index (κ2) is 7.03. The first-order chi connectivity index (χ1) is 9.53. The Bertz CT molecular complexity index is 595. The van der Waals surface area contributed by atoms with Crippen LogP contribution in [0.25, 0.3) is 11.3 Å². The van der Waals surface area contributed by atoms with Crippen molar-refractivity contribution >= 4 is 51.4 Å². The summed E-state index contributed by atoms with van der Waals surface area (Å²) in [6.07, 6.45) is 2.51. The van der Waals surface area contributed by atoms with Crippen LogP contribution in [0.15, 0.2) is 34.1 Å². The van der Waals surface area contributed by atoms with E-state index in [1.807, 2.05) is 11.3 Å². The topological polar surface area (TPSA) is 12.9 Å². The molecule has 3 rings (SSSR count). The van der Waals surface area contributed by atoms with E-state index in [9.17, 15) is 0 Å². The van der Waals surface area contributed by atoms with Gasteiger partial charge in [0.1, 0.15) is 0 Å². The number of thiazole rings is 1. The van der Waals surface area contributed by atoms with Crippen LogP contribution in [0, 0.1) is 0 Å². The van der Waals surface area contributed by atoms with Gasteiger partial charge in [0.25, 0.3) is 0 Å². The van der Waals surface area contributed by atoms with E-state index in [0.29, 0.717) is 10.7 Å². The van der Waals surface area contributed by atoms with Crippen LogP contribution in [0.3, 0.4) is 0 Å². The lowest BCUT2D eigenvalue weighted by Crippen LogP contribution is -2.24. The number of nitrogens with zero attached hydrogens (tertiary/aromatic N) is 1. The fraction of sp³-hybridized carbons (Fsp3) is 0.438. The van der Waals surface area contributed by atoms with Crippen molar-refractivity contribution < 1.29 is 0 Å². The summed E-state index contributed by atoms with van der Waals surface area (Å²) in [5, 5.41) is 3.52. The Balaban J connectivity index is 0.00000161. The lowest BCUT2D eigenvalue weighted by atomic mass is 9.94. The Kier molecular flexibility index (Phi) is 5.80. The molecule has 1 aromatic heterocycles. The van der Waals surface area contributed by atoms with Crippen LogP contribution >= 0.6 is 51.4 Å². The van der Waals surface area contributed by atoms with Crippen molar-refractivity contribution in [1.82, 2.24) is 4.98 Å². The molecule has 21 heavy (non-hydrogen) atoms. The third-order valence-corrected chi connectivity index (χ3v) is 6.63. The average Bonchev–Trinajstić information content (AvgIpc) is 2.88. The van der Waals surface area contributed by atoms with E-state index in [4.69, 9.17) is 4.98 Å². The summed E-state index contributed by atoms with van der Waals surface area (Å²) in [6.45, 7) is 4.71. The molecular formula is C16H19BrClNS2. The lowest BCUT2D eigenvalue weighted by molar-refractivity contribution is 0.504. The standard InChI is InChI=1S/C16H18BrNS2.ClH/c1-16(2)9-12(7-8-20-16)15-18-14(10-19-15)11-3-5-13(17)6-4-11;/h3-6,10,12H,7-9H2,1-2H3;1H. The van der Waals surface area contributed by atoms with Gasteiger partial charge in [-0.1, -0.05) is 41.9 Å². The second-order valence-electron chi connectivity index (χ2n) is 5.88. The molecular weight excluding hydrogens is 386 g/mol. The largest absolute Gasteiger partial charge is 0.241 e. The van der Waals surface area contributed by atoms with Crippen LogP contribution in [0.4, 0.5) is 0 Å². The summed E-state index contributed by atoms with van der Waals surface area (Å²) in [5.41, 5.74) is 2.33. The van der Waals surface area contributed by atoms with Crippen molar-refractivity contribution in [2.45, 2.75) is 37.4 Å². The Morgan fingerprint density at radius 3 is 2.62 bits per heavy atom. The number of aromatic nitrogens is 1. The van der Waals surface area contributed by atoms with Gasteiger partial charge in [0, 0.05) is 26.1 Å². The van der Waals surface area contributed by atoms with Gasteiger partial charge in [0.05, 0.1) is 10.7 Å². The van der Waals surface area contributed by atoms with Crippen LogP contribution in [0.5, 0.6) is 0 Å². The van der Waals surface area contributed by atoms with Crippen molar-refractivity contribution in [3.8, 4) is 11.3 Å². The van der Waals surface area contributed by atoms with Gasteiger partial charge in [0.2, 0.25) is 0 Å². The molecule has 1 nitrogen and oxygen atoms in total. The van der Waals surface area contributed by atoms with E-state index < -0.39 is 0 Å². The molecule has 0 saturated carbocycles. The maximum absolute atomic E-state index is 4.89. The van der Waals surface area contributed by atoms with Crippen molar-refractivity contribution in [2.75, 3.05) is 5.75 Å². The number of hydrogen-bond acceptors (Lipinski definition) is 3. The van der Waals surface area contributed by atoms with Crippen molar-refractivity contribution in [3.63, 3.8) is 0 Å². The summed E-state index contributed by atoms with van der Waals surface area (Å²) in [5.74, 6) is 1.89. The normalized spacial score (nSPS) is 20.8. The third-order valence-electron chi connectivity index (χ3n) is 3.71. The highest BCUT2D eigenvalue weighted by atomic mass is 79.9. The first-order valence-corrected chi connectivity index (χ1v) is 9.55. The van der Waals surface area contributed by atoms with Crippen LogP contribution in [0.2, 0.25) is 0 Å². The SMILES string of the molecule is CC1(C)CC(c2nc(-c3ccc(Br)cc3)cs2)CCS1.Cl. The Hall–Kier alpha value is -0.0300. The monoisotopic (exact) mass is 403 g/mol. The molecule has 114 valence electrons. The quantitative estimate of drug-likeness (QED) is 0.575. The fourth-order valence-corrected chi connectivity index (χ4v) is 5.18. The van der Waals surface area contributed by atoms with E-state index in [0.717, 1.165) is 10.2 Å². The zero-order chi connectivity index (χ0) is 14.2. The highest BCUT2D eigenvalue weighted by molar-refractivity contribution is 9.10. The van der Waals surface area contributed by atoms with Gasteiger partial charge in [-0.3, -0.25) is 0 Å². The maximum Gasteiger partial charge on any atom is 0.0964 e. The van der Waals surface area contributed by atoms with Gasteiger partial charge in [0.15, 0.2) is 0 Å². The van der Waals surface area contributed by atoms with E-state index in [1.165, 1.54) is 29.2 Å². The molecule has 1 aliphatic rings. The predicted octanol–water partition coefficient (Wildman–Crippen LogP) is 6.38. The van der Waals surface area contributed by atoms with E-state index >= 15 is 0 Å². The molecule has 0 aliphatic carbocycles. The third kappa shape index (κ3) is 4.25. The highest BCUT2D eigenvalue weighted by Crippen LogP contribution is 2.44. The average molecular weight is 405 g/mol. The Labute approximate surface area is 149 Å². The smallest absolute Gasteiger partial charge is 0.0964 e. The summed E-state index contributed by atoms with van der Waals surface area (Å²) in [7, 11) is 0. The number of thioether (sulfide) groups is 1. The van der Waals surface area contributed by atoms with Crippen LogP contribution in [0.1, 0.15) is 37.6 Å². The molecule has 2 aromatic rings. The molecule has 0 spiro atoms. The van der Waals surface area contributed by atoms with E-state index in [-0.39, 0.29) is 12.4 Å². The molecule has 0 bridgehead atoms. The van der Waals surface area contributed by atoms with Gasteiger partial charge < -0.3 is 0 Å². The predicted molar refractivity (Wildman–Crippen MR) is 101 cm³/mol.